The van der Waals surface area contributed by atoms with E-state index in [1.165, 1.54) is 5.56 Å². The molecule has 0 saturated heterocycles. The first-order valence-corrected chi connectivity index (χ1v) is 7.50. The van der Waals surface area contributed by atoms with E-state index in [-0.39, 0.29) is 43.4 Å². The molecule has 122 valence electrons. The molecule has 0 aliphatic heterocycles. The molecular formula is C16H24ClN3O2. The highest BCUT2D eigenvalue weighted by Crippen LogP contribution is 2.32. The monoisotopic (exact) mass is 325 g/mol. The highest BCUT2D eigenvalue weighted by Gasteiger charge is 2.23. The fourth-order valence-corrected chi connectivity index (χ4v) is 2.83. The maximum absolute atomic E-state index is 11.7. The fraction of sp³-hybridized carbons (Fsp3) is 0.500. The van der Waals surface area contributed by atoms with Gasteiger partial charge in [-0.3, -0.25) is 9.59 Å². The Labute approximate surface area is 137 Å². The number of rotatable bonds is 5. The van der Waals surface area contributed by atoms with Crippen molar-refractivity contribution in [3.05, 3.63) is 35.9 Å². The standard InChI is InChI=1S/C16H23N3O2.ClH/c17-10-15(20)18-11-16(21)19-14-8-6-13(7-9-14)12-4-2-1-3-5-12;/h1-5,13-14H,6-11,17H2,(H,18,20)(H,19,21);1H. The number of amides is 2. The molecule has 1 aromatic rings. The molecule has 5 nitrogen and oxygen atoms in total. The zero-order valence-electron chi connectivity index (χ0n) is 12.6. The average molecular weight is 326 g/mol. The molecule has 0 aromatic heterocycles. The maximum Gasteiger partial charge on any atom is 0.239 e. The lowest BCUT2D eigenvalue weighted by atomic mass is 9.82. The average Bonchev–Trinajstić information content (AvgIpc) is 2.54. The van der Waals surface area contributed by atoms with Gasteiger partial charge in [0, 0.05) is 6.04 Å². The lowest BCUT2D eigenvalue weighted by Crippen LogP contribution is -2.44. The molecule has 4 N–H and O–H groups in total. The molecule has 22 heavy (non-hydrogen) atoms. The number of benzene rings is 1. The molecule has 2 rings (SSSR count). The Kier molecular flexibility index (Phi) is 7.91. The maximum atomic E-state index is 11.7. The first-order chi connectivity index (χ1) is 10.2. The Hall–Kier alpha value is -1.59. The van der Waals surface area contributed by atoms with Crippen molar-refractivity contribution in [3.63, 3.8) is 0 Å². The van der Waals surface area contributed by atoms with E-state index in [0.717, 1.165) is 25.7 Å². The van der Waals surface area contributed by atoms with E-state index >= 15 is 0 Å². The molecule has 1 aliphatic carbocycles. The second-order valence-corrected chi connectivity index (χ2v) is 5.51. The summed E-state index contributed by atoms with van der Waals surface area (Å²) in [5, 5.41) is 5.46. The van der Waals surface area contributed by atoms with Crippen molar-refractivity contribution in [1.82, 2.24) is 10.6 Å². The summed E-state index contributed by atoms with van der Waals surface area (Å²) in [7, 11) is 0. The largest absolute Gasteiger partial charge is 0.352 e. The van der Waals surface area contributed by atoms with Gasteiger partial charge >= 0.3 is 0 Å². The number of hydrogen-bond acceptors (Lipinski definition) is 3. The zero-order valence-corrected chi connectivity index (χ0v) is 13.4. The Morgan fingerprint density at radius 3 is 2.27 bits per heavy atom. The zero-order chi connectivity index (χ0) is 15.1. The Bertz CT molecular complexity index is 474. The summed E-state index contributed by atoms with van der Waals surface area (Å²) in [6.07, 6.45) is 4.14. The molecule has 0 atom stereocenters. The fourth-order valence-electron chi connectivity index (χ4n) is 2.83. The highest BCUT2D eigenvalue weighted by molar-refractivity contribution is 5.85. The van der Waals surface area contributed by atoms with Gasteiger partial charge in [0.15, 0.2) is 0 Å². The second-order valence-electron chi connectivity index (χ2n) is 5.51. The summed E-state index contributed by atoms with van der Waals surface area (Å²) < 4.78 is 0. The summed E-state index contributed by atoms with van der Waals surface area (Å²) in [5.41, 5.74) is 6.56. The van der Waals surface area contributed by atoms with Crippen LogP contribution in [0.25, 0.3) is 0 Å². The number of nitrogens with two attached hydrogens (primary N) is 1. The van der Waals surface area contributed by atoms with E-state index in [1.807, 2.05) is 6.07 Å². The third-order valence-electron chi connectivity index (χ3n) is 3.99. The lowest BCUT2D eigenvalue weighted by Gasteiger charge is -2.29. The van der Waals surface area contributed by atoms with Crippen LogP contribution >= 0.6 is 12.4 Å². The summed E-state index contributed by atoms with van der Waals surface area (Å²) >= 11 is 0. The summed E-state index contributed by atoms with van der Waals surface area (Å²) in [4.78, 5) is 22.7. The Balaban J connectivity index is 0.00000242. The second kappa shape index (κ2) is 9.43. The van der Waals surface area contributed by atoms with Gasteiger partial charge in [0.2, 0.25) is 11.8 Å². The van der Waals surface area contributed by atoms with E-state index in [9.17, 15) is 9.59 Å². The quantitative estimate of drug-likeness (QED) is 0.763. The van der Waals surface area contributed by atoms with Crippen LogP contribution in [-0.2, 0) is 9.59 Å². The summed E-state index contributed by atoms with van der Waals surface area (Å²) in [6.45, 7) is -0.0793. The van der Waals surface area contributed by atoms with Gasteiger partial charge in [-0.25, -0.2) is 0 Å². The number of carbonyl (C=O) groups excluding carboxylic acids is 2. The van der Waals surface area contributed by atoms with Crippen LogP contribution in [0.5, 0.6) is 0 Å². The molecule has 0 unspecified atom stereocenters. The van der Waals surface area contributed by atoms with Crippen molar-refractivity contribution in [2.45, 2.75) is 37.6 Å². The lowest BCUT2D eigenvalue weighted by molar-refractivity contribution is -0.125. The van der Waals surface area contributed by atoms with Crippen molar-refractivity contribution in [2.75, 3.05) is 13.1 Å². The predicted octanol–water partition coefficient (Wildman–Crippen LogP) is 1.33. The van der Waals surface area contributed by atoms with Crippen molar-refractivity contribution >= 4 is 24.2 Å². The van der Waals surface area contributed by atoms with Crippen LogP contribution in [0.2, 0.25) is 0 Å². The third-order valence-corrected chi connectivity index (χ3v) is 3.99. The van der Waals surface area contributed by atoms with Crippen LogP contribution in [0, 0.1) is 0 Å². The van der Waals surface area contributed by atoms with E-state index in [4.69, 9.17) is 5.73 Å². The van der Waals surface area contributed by atoms with Gasteiger partial charge in [0.05, 0.1) is 13.1 Å². The van der Waals surface area contributed by atoms with Crippen molar-refractivity contribution in [3.8, 4) is 0 Å². The van der Waals surface area contributed by atoms with Crippen molar-refractivity contribution in [1.29, 1.82) is 0 Å². The molecule has 2 amide bonds. The molecule has 1 aliphatic rings. The Morgan fingerprint density at radius 1 is 1.05 bits per heavy atom. The van der Waals surface area contributed by atoms with Gasteiger partial charge in [-0.15, -0.1) is 12.4 Å². The molecule has 1 fully saturated rings. The smallest absolute Gasteiger partial charge is 0.239 e. The van der Waals surface area contributed by atoms with Gasteiger partial charge in [-0.1, -0.05) is 30.3 Å². The van der Waals surface area contributed by atoms with Crippen LogP contribution in [-0.4, -0.2) is 30.9 Å². The molecule has 0 heterocycles. The Morgan fingerprint density at radius 2 is 1.68 bits per heavy atom. The predicted molar refractivity (Wildman–Crippen MR) is 88.9 cm³/mol. The van der Waals surface area contributed by atoms with E-state index in [1.54, 1.807) is 0 Å². The van der Waals surface area contributed by atoms with E-state index < -0.39 is 0 Å². The molecule has 1 aromatic carbocycles. The van der Waals surface area contributed by atoms with Crippen LogP contribution in [0.15, 0.2) is 30.3 Å². The van der Waals surface area contributed by atoms with Crippen LogP contribution < -0.4 is 16.4 Å². The molecule has 0 bridgehead atoms. The van der Waals surface area contributed by atoms with Crippen LogP contribution in [0.1, 0.15) is 37.2 Å². The van der Waals surface area contributed by atoms with Gasteiger partial charge in [-0.05, 0) is 37.2 Å². The van der Waals surface area contributed by atoms with Crippen LogP contribution in [0.4, 0.5) is 0 Å². The minimum Gasteiger partial charge on any atom is -0.352 e. The molecule has 6 heteroatoms. The molecule has 1 saturated carbocycles. The number of hydrogen-bond donors (Lipinski definition) is 3. The SMILES string of the molecule is Cl.NCC(=O)NCC(=O)NC1CCC(c2ccccc2)CC1. The third kappa shape index (κ3) is 5.66. The van der Waals surface area contributed by atoms with Gasteiger partial charge in [-0.2, -0.15) is 0 Å². The molecule has 0 radical (unpaired) electrons. The summed E-state index contributed by atoms with van der Waals surface area (Å²) in [5.74, 6) is 0.147. The van der Waals surface area contributed by atoms with E-state index in [2.05, 4.69) is 34.9 Å². The molecular weight excluding hydrogens is 302 g/mol. The first-order valence-electron chi connectivity index (χ1n) is 7.50. The van der Waals surface area contributed by atoms with Crippen molar-refractivity contribution < 1.29 is 9.59 Å². The van der Waals surface area contributed by atoms with Crippen LogP contribution in [0.3, 0.4) is 0 Å². The van der Waals surface area contributed by atoms with Crippen molar-refractivity contribution in [2.24, 2.45) is 5.73 Å². The number of halogens is 1. The number of carbonyl (C=O) groups is 2. The minimum atomic E-state index is -0.307. The topological polar surface area (TPSA) is 84.2 Å². The van der Waals surface area contributed by atoms with Gasteiger partial charge in [0.1, 0.15) is 0 Å². The first kappa shape index (κ1) is 18.5. The van der Waals surface area contributed by atoms with Gasteiger partial charge in [0.25, 0.3) is 0 Å². The number of nitrogens with one attached hydrogen (secondary N) is 2. The summed E-state index contributed by atoms with van der Waals surface area (Å²) in [6, 6.07) is 10.7. The minimum absolute atomic E-state index is 0. The van der Waals surface area contributed by atoms with E-state index in [0.29, 0.717) is 5.92 Å². The molecule has 0 spiro atoms. The normalized spacial score (nSPS) is 20.6. The highest BCUT2D eigenvalue weighted by atomic mass is 35.5. The van der Waals surface area contributed by atoms with Gasteiger partial charge < -0.3 is 16.4 Å².